The Bertz CT molecular complexity index is 3210. The number of aromatic nitrogens is 10. The number of halogens is 4. The van der Waals surface area contributed by atoms with Gasteiger partial charge in [0.2, 0.25) is 0 Å². The number of ether oxygens (including phenoxy) is 6. The van der Waals surface area contributed by atoms with Gasteiger partial charge in [-0.1, -0.05) is 59.9 Å². The van der Waals surface area contributed by atoms with Gasteiger partial charge in [0.1, 0.15) is 31.0 Å². The summed E-state index contributed by atoms with van der Waals surface area (Å²) in [5.41, 5.74) is 5.61. The third-order valence-electron chi connectivity index (χ3n) is 15.4. The Morgan fingerprint density at radius 2 is 1.09 bits per heavy atom. The zero-order valence-electron chi connectivity index (χ0n) is 44.6. The van der Waals surface area contributed by atoms with E-state index in [-0.39, 0.29) is 67.3 Å². The van der Waals surface area contributed by atoms with Gasteiger partial charge >= 0.3 is 5.97 Å². The highest BCUT2D eigenvalue weighted by Crippen LogP contribution is 2.52. The summed E-state index contributed by atoms with van der Waals surface area (Å²) in [6.45, 7) is 11.3. The molecule has 0 radical (unpaired) electrons. The fraction of sp³-hybridized carbons (Fsp3) is 0.611. The van der Waals surface area contributed by atoms with Crippen LogP contribution in [0, 0.1) is 35.1 Å². The number of hydrogen-bond donors (Lipinski definition) is 2. The van der Waals surface area contributed by atoms with Gasteiger partial charge in [-0.25, -0.2) is 51.7 Å². The summed E-state index contributed by atoms with van der Waals surface area (Å²) in [7, 11) is 0. The van der Waals surface area contributed by atoms with Gasteiger partial charge in [-0.05, 0) is 125 Å². The van der Waals surface area contributed by atoms with E-state index in [0.717, 1.165) is 59.7 Å². The molecular weight excluding hydrogens is 1070 g/mol. The van der Waals surface area contributed by atoms with Crippen molar-refractivity contribution in [3.63, 3.8) is 0 Å². The SMILES string of the molecule is CCCSc1nc(CC2C[C@@H]2c2ccc(F)c(F)c2)c2nnn(C3C[C@H](OCC(=O)O)[C@H]4OC(C)(C)O[C@@H]34)c2n1.CCCSc1nc(CC2C[C@@H]2c2ccc(F)c(F)c2)c2nnn(C3C[C@H](OCCO)[C@H]4OC(C)(C)O[C@@H]34)c2n1. The number of fused-ring (bicyclic) bond motifs is 4. The van der Waals surface area contributed by atoms with Crippen LogP contribution in [-0.2, 0) is 46.1 Å². The maximum absolute atomic E-state index is 13.8. The van der Waals surface area contributed by atoms with Crippen LogP contribution < -0.4 is 0 Å². The lowest BCUT2D eigenvalue weighted by molar-refractivity contribution is -0.173. The maximum Gasteiger partial charge on any atom is 0.329 e. The summed E-state index contributed by atoms with van der Waals surface area (Å²) in [6, 6.07) is 7.69. The van der Waals surface area contributed by atoms with E-state index >= 15 is 0 Å². The first-order valence-electron chi connectivity index (χ1n) is 27.1. The molecule has 79 heavy (non-hydrogen) atoms. The van der Waals surface area contributed by atoms with E-state index in [1.807, 2.05) is 32.4 Å². The predicted octanol–water partition coefficient (Wildman–Crippen LogP) is 8.47. The van der Waals surface area contributed by atoms with Crippen molar-refractivity contribution >= 4 is 51.8 Å². The first-order valence-corrected chi connectivity index (χ1v) is 29.0. The molecule has 424 valence electrons. The van der Waals surface area contributed by atoms with E-state index in [2.05, 4.69) is 34.5 Å². The second-order valence-electron chi connectivity index (χ2n) is 22.1. The number of benzene rings is 2. The van der Waals surface area contributed by atoms with Gasteiger partial charge in [0, 0.05) is 24.3 Å². The van der Waals surface area contributed by atoms with Crippen molar-refractivity contribution in [3.8, 4) is 0 Å². The summed E-state index contributed by atoms with van der Waals surface area (Å²) < 4.78 is 94.5. The van der Waals surface area contributed by atoms with Crippen LogP contribution in [0.3, 0.4) is 0 Å². The Balaban J connectivity index is 0.000000167. The molecule has 12 atom stereocenters. The highest BCUT2D eigenvalue weighted by Gasteiger charge is 2.58. The number of carbonyl (C=O) groups is 1. The first kappa shape index (κ1) is 55.9. The number of carboxylic acids is 1. The lowest BCUT2D eigenvalue weighted by Crippen LogP contribution is -2.32. The van der Waals surface area contributed by atoms with Crippen LogP contribution in [0.15, 0.2) is 46.7 Å². The molecule has 4 saturated carbocycles. The van der Waals surface area contributed by atoms with Crippen molar-refractivity contribution in [2.24, 2.45) is 11.8 Å². The molecule has 6 fully saturated rings. The number of carboxylic acid groups (broad SMARTS) is 1. The second kappa shape index (κ2) is 22.7. The van der Waals surface area contributed by atoms with Gasteiger partial charge in [0.05, 0.1) is 48.9 Å². The molecule has 2 aliphatic heterocycles. The molecule has 6 aromatic rings. The monoisotopic (exact) mass is 1140 g/mol. The van der Waals surface area contributed by atoms with Crippen molar-refractivity contribution in [3.05, 3.63) is 82.2 Å². The lowest BCUT2D eigenvalue weighted by Gasteiger charge is -2.23. The van der Waals surface area contributed by atoms with E-state index in [9.17, 15) is 27.5 Å². The number of nitrogens with zero attached hydrogens (tertiary/aromatic N) is 10. The molecular formula is C54H64F4N10O9S2. The van der Waals surface area contributed by atoms with Crippen molar-refractivity contribution in [2.75, 3.05) is 31.3 Å². The smallest absolute Gasteiger partial charge is 0.329 e. The number of rotatable bonds is 20. The van der Waals surface area contributed by atoms with Gasteiger partial charge < -0.3 is 38.6 Å². The molecule has 25 heteroatoms. The fourth-order valence-corrected chi connectivity index (χ4v) is 13.1. The third-order valence-corrected chi connectivity index (χ3v) is 17.5. The summed E-state index contributed by atoms with van der Waals surface area (Å²) >= 11 is 3.15. The molecule has 2 saturated heterocycles. The van der Waals surface area contributed by atoms with Crippen molar-refractivity contribution < 1.29 is 61.0 Å². The Kier molecular flexibility index (Phi) is 16.1. The van der Waals surface area contributed by atoms with E-state index < -0.39 is 65.7 Å². The number of hydrogen-bond acceptors (Lipinski definition) is 18. The van der Waals surface area contributed by atoms with Gasteiger partial charge in [0.15, 0.2) is 67.5 Å². The van der Waals surface area contributed by atoms with Crippen LogP contribution in [0.4, 0.5) is 17.6 Å². The molecule has 0 spiro atoms. The van der Waals surface area contributed by atoms with Crippen LogP contribution >= 0.6 is 23.5 Å². The van der Waals surface area contributed by atoms with Crippen LogP contribution in [0.5, 0.6) is 0 Å². The highest BCUT2D eigenvalue weighted by molar-refractivity contribution is 7.99. The minimum Gasteiger partial charge on any atom is -0.480 e. The van der Waals surface area contributed by atoms with E-state index in [0.29, 0.717) is 58.3 Å². The predicted molar refractivity (Wildman–Crippen MR) is 279 cm³/mol. The molecule has 6 aliphatic rings. The molecule has 12 rings (SSSR count). The molecule has 19 nitrogen and oxygen atoms in total. The summed E-state index contributed by atoms with van der Waals surface area (Å²) in [5, 5.41) is 37.8. The Labute approximate surface area is 461 Å². The average Bonchev–Trinajstić information content (AvgIpc) is 4.19. The number of aliphatic hydroxyl groups is 1. The maximum atomic E-state index is 13.8. The summed E-state index contributed by atoms with van der Waals surface area (Å²) in [5.74, 6) is -3.56. The van der Waals surface area contributed by atoms with Crippen molar-refractivity contribution in [1.29, 1.82) is 0 Å². The second-order valence-corrected chi connectivity index (χ2v) is 24.2. The Morgan fingerprint density at radius 1 is 0.646 bits per heavy atom. The normalized spacial score (nSPS) is 29.0. The van der Waals surface area contributed by atoms with Crippen molar-refractivity contribution in [2.45, 2.75) is 175 Å². The van der Waals surface area contributed by atoms with Crippen LogP contribution in [0.2, 0.25) is 0 Å². The molecule has 4 unspecified atom stereocenters. The zero-order valence-corrected chi connectivity index (χ0v) is 46.3. The minimum absolute atomic E-state index is 0.0730. The van der Waals surface area contributed by atoms with Crippen LogP contribution in [0.25, 0.3) is 22.3 Å². The molecule has 0 amide bonds. The van der Waals surface area contributed by atoms with Gasteiger partial charge in [-0.3, -0.25) is 0 Å². The van der Waals surface area contributed by atoms with E-state index in [4.69, 9.17) is 53.5 Å². The molecule has 6 heterocycles. The quantitative estimate of drug-likeness (QED) is 0.0415. The molecule has 4 aromatic heterocycles. The molecule has 2 N–H and O–H groups in total. The van der Waals surface area contributed by atoms with Gasteiger partial charge in [-0.2, -0.15) is 0 Å². The van der Waals surface area contributed by atoms with Crippen LogP contribution in [-0.4, -0.2) is 146 Å². The third kappa shape index (κ3) is 11.9. The topological polar surface area (TPSA) is 226 Å². The average molecular weight is 1140 g/mol. The molecule has 4 aliphatic carbocycles. The first-order chi connectivity index (χ1) is 37.9. The lowest BCUT2D eigenvalue weighted by atomic mass is 10.1. The number of aliphatic carboxylic acids is 1. The summed E-state index contributed by atoms with van der Waals surface area (Å²) in [6.07, 6.45) is 3.67. The largest absolute Gasteiger partial charge is 0.480 e. The zero-order chi connectivity index (χ0) is 55.5. The minimum atomic E-state index is -1.05. The Morgan fingerprint density at radius 3 is 1.51 bits per heavy atom. The standard InChI is InChI=1S/C27H31F2N5O5S.C27H33F2N5O4S/c1-4-7-40-26-30-18(10-14-8-15(14)13-5-6-16(28)17(29)9-13)22-25(31-26)34(33-32-22)19-11-20(37-12-21(35)36)24-23(19)38-27(2,3)39-24;1-4-9-39-26-30-19(12-15-10-16(15)14-5-6-17(28)18(29)11-14)22-25(31-26)34(33-32-22)20-13-21(36-8-7-35)24-23(20)37-27(2,3)38-24/h5-6,9,14-15,19-20,23-24H,4,7-8,10-12H2,1-3H3,(H,35,36);5-6,11,15-16,20-21,23-24,35H,4,7-10,12-13H2,1-3H3/t14?,15-,19?,20+,23+,24-;15?,16-,20?,21+,23+,24-/m11/s1. The van der Waals surface area contributed by atoms with E-state index in [1.165, 1.54) is 24.3 Å². The molecule has 2 aromatic carbocycles. The number of thioether (sulfide) groups is 2. The van der Waals surface area contributed by atoms with E-state index in [1.54, 1.807) is 40.3 Å². The fourth-order valence-electron chi connectivity index (χ4n) is 11.7. The summed E-state index contributed by atoms with van der Waals surface area (Å²) in [4.78, 5) is 30.5. The number of aliphatic hydroxyl groups excluding tert-OH is 1. The van der Waals surface area contributed by atoms with Gasteiger partial charge in [-0.15, -0.1) is 10.2 Å². The Hall–Kier alpha value is -4.99. The molecule has 0 bridgehead atoms. The highest BCUT2D eigenvalue weighted by atomic mass is 32.2. The van der Waals surface area contributed by atoms with Crippen molar-refractivity contribution in [1.82, 2.24) is 49.9 Å². The van der Waals surface area contributed by atoms with Crippen LogP contribution in [0.1, 0.15) is 127 Å². The van der Waals surface area contributed by atoms with Gasteiger partial charge in [0.25, 0.3) is 0 Å².